The molecule has 0 bridgehead atoms. The highest BCUT2D eigenvalue weighted by Crippen LogP contribution is 2.25. The lowest BCUT2D eigenvalue weighted by molar-refractivity contribution is 0.476. The van der Waals surface area contributed by atoms with Crippen LogP contribution in [0.3, 0.4) is 0 Å². The molecule has 1 aromatic heterocycles. The Morgan fingerprint density at radius 3 is 2.67 bits per heavy atom. The minimum atomic E-state index is -0.877. The monoisotopic (exact) mass is 286 g/mol. The van der Waals surface area contributed by atoms with Crippen LogP contribution in [0.4, 0.5) is 14.6 Å². The highest BCUT2D eigenvalue weighted by molar-refractivity contribution is 5.92. The highest BCUT2D eigenvalue weighted by atomic mass is 19.2. The quantitative estimate of drug-likeness (QED) is 0.769. The Bertz CT molecular complexity index is 805. The first-order valence-electron chi connectivity index (χ1n) is 6.39. The van der Waals surface area contributed by atoms with Crippen LogP contribution in [0.1, 0.15) is 5.56 Å². The largest absolute Gasteiger partial charge is 0.508 e. The van der Waals surface area contributed by atoms with Gasteiger partial charge in [0.15, 0.2) is 11.6 Å². The smallest absolute Gasteiger partial charge is 0.159 e. The number of aromatic nitrogens is 1. The number of anilines is 1. The number of phenols is 1. The van der Waals surface area contributed by atoms with Crippen molar-refractivity contribution in [3.05, 3.63) is 65.9 Å². The summed E-state index contributed by atoms with van der Waals surface area (Å²) in [6.45, 7) is 0.305. The van der Waals surface area contributed by atoms with Crippen LogP contribution in [0.5, 0.6) is 5.75 Å². The zero-order chi connectivity index (χ0) is 14.8. The molecule has 0 atom stereocenters. The molecule has 0 radical (unpaired) electrons. The van der Waals surface area contributed by atoms with E-state index in [4.69, 9.17) is 0 Å². The number of phenolic OH excluding ortho intramolecular Hbond substituents is 1. The van der Waals surface area contributed by atoms with E-state index in [9.17, 15) is 13.9 Å². The second kappa shape index (κ2) is 5.36. The van der Waals surface area contributed by atoms with E-state index in [1.807, 2.05) is 6.07 Å². The third kappa shape index (κ3) is 2.76. The van der Waals surface area contributed by atoms with Gasteiger partial charge in [0.2, 0.25) is 0 Å². The fourth-order valence-electron chi connectivity index (χ4n) is 2.13. The number of benzene rings is 2. The molecule has 1 heterocycles. The fraction of sp³-hybridized carbons (Fsp3) is 0.0625. The maximum atomic E-state index is 13.2. The summed E-state index contributed by atoms with van der Waals surface area (Å²) in [4.78, 5) is 4.21. The van der Waals surface area contributed by atoms with Crippen molar-refractivity contribution in [1.29, 1.82) is 0 Å². The maximum absolute atomic E-state index is 13.2. The van der Waals surface area contributed by atoms with Gasteiger partial charge in [0.05, 0.1) is 0 Å². The molecule has 0 aliphatic rings. The van der Waals surface area contributed by atoms with Crippen molar-refractivity contribution in [2.75, 3.05) is 5.32 Å². The molecule has 0 aliphatic carbocycles. The molecular weight excluding hydrogens is 274 g/mol. The number of halogens is 2. The Morgan fingerprint density at radius 1 is 1.00 bits per heavy atom. The van der Waals surface area contributed by atoms with Crippen LogP contribution in [0.15, 0.2) is 48.7 Å². The molecule has 0 saturated heterocycles. The normalized spacial score (nSPS) is 10.8. The molecule has 0 amide bonds. The molecule has 106 valence electrons. The summed E-state index contributed by atoms with van der Waals surface area (Å²) in [6.07, 6.45) is 1.65. The van der Waals surface area contributed by atoms with E-state index in [-0.39, 0.29) is 5.75 Å². The molecule has 3 nitrogen and oxygen atoms in total. The number of aromatic hydroxyl groups is 1. The second-order valence-electron chi connectivity index (χ2n) is 4.67. The number of hydrogen-bond acceptors (Lipinski definition) is 3. The Hall–Kier alpha value is -2.69. The number of nitrogens with zero attached hydrogens (tertiary/aromatic N) is 1. The Kier molecular flexibility index (Phi) is 3.39. The molecule has 0 fully saturated rings. The summed E-state index contributed by atoms with van der Waals surface area (Å²) in [5, 5.41) is 14.3. The number of pyridine rings is 1. The average molecular weight is 286 g/mol. The predicted molar refractivity (Wildman–Crippen MR) is 77.1 cm³/mol. The van der Waals surface area contributed by atoms with Gasteiger partial charge in [0.1, 0.15) is 11.6 Å². The first-order chi connectivity index (χ1) is 10.1. The van der Waals surface area contributed by atoms with Crippen molar-refractivity contribution < 1.29 is 13.9 Å². The first-order valence-corrected chi connectivity index (χ1v) is 6.39. The van der Waals surface area contributed by atoms with Gasteiger partial charge in [-0.25, -0.2) is 13.8 Å². The van der Waals surface area contributed by atoms with Crippen LogP contribution in [0, 0.1) is 11.6 Å². The average Bonchev–Trinajstić information content (AvgIpc) is 2.48. The third-order valence-electron chi connectivity index (χ3n) is 3.19. The maximum Gasteiger partial charge on any atom is 0.159 e. The van der Waals surface area contributed by atoms with Crippen LogP contribution in [-0.2, 0) is 6.54 Å². The van der Waals surface area contributed by atoms with Gasteiger partial charge in [-0.2, -0.15) is 0 Å². The van der Waals surface area contributed by atoms with Gasteiger partial charge in [-0.15, -0.1) is 0 Å². The summed E-state index contributed by atoms with van der Waals surface area (Å²) in [5.41, 5.74) is 0.604. The predicted octanol–water partition coefficient (Wildman–Crippen LogP) is 3.83. The van der Waals surface area contributed by atoms with Crippen LogP contribution in [-0.4, -0.2) is 10.1 Å². The minimum absolute atomic E-state index is 0.145. The van der Waals surface area contributed by atoms with Gasteiger partial charge in [-0.1, -0.05) is 12.1 Å². The second-order valence-corrected chi connectivity index (χ2v) is 4.67. The summed E-state index contributed by atoms with van der Waals surface area (Å²) in [7, 11) is 0. The Morgan fingerprint density at radius 2 is 1.86 bits per heavy atom. The van der Waals surface area contributed by atoms with E-state index < -0.39 is 11.6 Å². The Labute approximate surface area is 119 Å². The van der Waals surface area contributed by atoms with Crippen LogP contribution >= 0.6 is 0 Å². The van der Waals surface area contributed by atoms with E-state index >= 15 is 0 Å². The van der Waals surface area contributed by atoms with Crippen LogP contribution in [0.2, 0.25) is 0 Å². The first kappa shape index (κ1) is 13.3. The van der Waals surface area contributed by atoms with Crippen molar-refractivity contribution in [3.63, 3.8) is 0 Å². The summed E-state index contributed by atoms with van der Waals surface area (Å²) >= 11 is 0. The lowest BCUT2D eigenvalue weighted by Gasteiger charge is -2.09. The van der Waals surface area contributed by atoms with Crippen LogP contribution < -0.4 is 5.32 Å². The SMILES string of the molecule is Oc1ccc2ccnc(NCc3ccc(F)c(F)c3)c2c1. The topological polar surface area (TPSA) is 45.2 Å². The highest BCUT2D eigenvalue weighted by Gasteiger charge is 2.05. The van der Waals surface area contributed by atoms with Crippen molar-refractivity contribution >= 4 is 16.6 Å². The molecule has 3 rings (SSSR count). The van der Waals surface area contributed by atoms with Crippen LogP contribution in [0.25, 0.3) is 10.8 Å². The molecule has 0 aliphatic heterocycles. The molecule has 2 N–H and O–H groups in total. The van der Waals surface area contributed by atoms with E-state index in [2.05, 4.69) is 10.3 Å². The van der Waals surface area contributed by atoms with Crippen molar-refractivity contribution in [2.24, 2.45) is 0 Å². The molecule has 5 heteroatoms. The number of nitrogens with one attached hydrogen (secondary N) is 1. The van der Waals surface area contributed by atoms with E-state index in [0.717, 1.165) is 22.9 Å². The molecule has 3 aromatic rings. The molecule has 2 aromatic carbocycles. The van der Waals surface area contributed by atoms with Crippen molar-refractivity contribution in [2.45, 2.75) is 6.54 Å². The number of rotatable bonds is 3. The van der Waals surface area contributed by atoms with Gasteiger partial charge < -0.3 is 10.4 Å². The van der Waals surface area contributed by atoms with E-state index in [1.54, 1.807) is 24.4 Å². The van der Waals surface area contributed by atoms with E-state index in [0.29, 0.717) is 17.9 Å². The summed E-state index contributed by atoms with van der Waals surface area (Å²) in [6, 6.07) is 10.6. The third-order valence-corrected chi connectivity index (χ3v) is 3.19. The van der Waals surface area contributed by atoms with Gasteiger partial charge in [0.25, 0.3) is 0 Å². The molecule has 0 saturated carbocycles. The number of hydrogen-bond donors (Lipinski definition) is 2. The standard InChI is InChI=1S/C16H12F2N2O/c17-14-4-1-10(7-15(14)18)9-20-16-13-8-12(21)3-2-11(13)5-6-19-16/h1-8,21H,9H2,(H,19,20). The van der Waals surface area contributed by atoms with Gasteiger partial charge in [0, 0.05) is 18.1 Å². The summed E-state index contributed by atoms with van der Waals surface area (Å²) in [5.74, 6) is -1.02. The number of fused-ring (bicyclic) bond motifs is 1. The molecule has 0 spiro atoms. The Balaban J connectivity index is 1.88. The molecular formula is C16H12F2N2O. The van der Waals surface area contributed by atoms with E-state index in [1.165, 1.54) is 6.07 Å². The van der Waals surface area contributed by atoms with Gasteiger partial charge in [-0.3, -0.25) is 0 Å². The van der Waals surface area contributed by atoms with Crippen molar-refractivity contribution in [3.8, 4) is 5.75 Å². The zero-order valence-corrected chi connectivity index (χ0v) is 11.0. The zero-order valence-electron chi connectivity index (χ0n) is 11.0. The van der Waals surface area contributed by atoms with Crippen molar-refractivity contribution in [1.82, 2.24) is 4.98 Å². The minimum Gasteiger partial charge on any atom is -0.508 e. The van der Waals surface area contributed by atoms with Gasteiger partial charge in [-0.05, 0) is 41.3 Å². The lowest BCUT2D eigenvalue weighted by atomic mass is 10.1. The van der Waals surface area contributed by atoms with Gasteiger partial charge >= 0.3 is 0 Å². The molecule has 0 unspecified atom stereocenters. The molecule has 21 heavy (non-hydrogen) atoms. The summed E-state index contributed by atoms with van der Waals surface area (Å²) < 4.78 is 26.0. The fourth-order valence-corrected chi connectivity index (χ4v) is 2.13. The lowest BCUT2D eigenvalue weighted by Crippen LogP contribution is -2.02.